The lowest BCUT2D eigenvalue weighted by Crippen LogP contribution is -2.34. The number of nitrogens with one attached hydrogen (secondary N) is 1. The molecule has 0 unspecified atom stereocenters. The SMILES string of the molecule is COc1ccc(NC(=O)N(Cc2ccc(OCc3ccccc3)c(OC)c2)Cc2ccco2)c(OC)c1. The Kier molecular flexibility index (Phi) is 8.54. The van der Waals surface area contributed by atoms with Gasteiger partial charge in [-0.25, -0.2) is 4.79 Å². The number of hydrogen-bond acceptors (Lipinski definition) is 6. The van der Waals surface area contributed by atoms with Crippen LogP contribution in [0.25, 0.3) is 0 Å². The van der Waals surface area contributed by atoms with Crippen molar-refractivity contribution in [2.45, 2.75) is 19.7 Å². The van der Waals surface area contributed by atoms with Crippen LogP contribution in [0.4, 0.5) is 10.5 Å². The van der Waals surface area contributed by atoms with Crippen LogP contribution < -0.4 is 24.3 Å². The maximum atomic E-state index is 13.4. The lowest BCUT2D eigenvalue weighted by molar-refractivity contribution is 0.201. The second-order valence-corrected chi connectivity index (χ2v) is 8.19. The molecule has 0 saturated heterocycles. The molecule has 0 bridgehead atoms. The third kappa shape index (κ3) is 6.76. The fourth-order valence-electron chi connectivity index (χ4n) is 3.77. The number of ether oxygens (including phenoxy) is 4. The third-order valence-corrected chi connectivity index (χ3v) is 5.70. The predicted octanol–water partition coefficient (Wildman–Crippen LogP) is 6.12. The Morgan fingerprint density at radius 3 is 2.30 bits per heavy atom. The van der Waals surface area contributed by atoms with Crippen molar-refractivity contribution in [3.8, 4) is 23.0 Å². The van der Waals surface area contributed by atoms with Crippen molar-refractivity contribution >= 4 is 11.7 Å². The van der Waals surface area contributed by atoms with Crippen molar-refractivity contribution in [2.75, 3.05) is 26.6 Å². The van der Waals surface area contributed by atoms with Gasteiger partial charge in [-0.05, 0) is 47.5 Å². The smallest absolute Gasteiger partial charge is 0.322 e. The lowest BCUT2D eigenvalue weighted by atomic mass is 10.1. The van der Waals surface area contributed by atoms with E-state index in [0.717, 1.165) is 11.1 Å². The van der Waals surface area contributed by atoms with Gasteiger partial charge in [0.05, 0.1) is 39.8 Å². The van der Waals surface area contributed by atoms with Crippen molar-refractivity contribution in [1.29, 1.82) is 0 Å². The molecule has 8 nitrogen and oxygen atoms in total. The molecular formula is C29H30N2O6. The van der Waals surface area contributed by atoms with Crippen molar-refractivity contribution in [3.63, 3.8) is 0 Å². The van der Waals surface area contributed by atoms with Crippen molar-refractivity contribution in [3.05, 3.63) is 102 Å². The maximum Gasteiger partial charge on any atom is 0.322 e. The van der Waals surface area contributed by atoms with E-state index in [0.29, 0.717) is 47.6 Å². The van der Waals surface area contributed by atoms with Crippen molar-refractivity contribution in [1.82, 2.24) is 4.90 Å². The number of methoxy groups -OCH3 is 3. The number of anilines is 1. The van der Waals surface area contributed by atoms with E-state index in [4.69, 9.17) is 23.4 Å². The highest BCUT2D eigenvalue weighted by Gasteiger charge is 2.19. The molecular weight excluding hydrogens is 472 g/mol. The molecule has 0 atom stereocenters. The first kappa shape index (κ1) is 25.5. The van der Waals surface area contributed by atoms with Gasteiger partial charge in [-0.2, -0.15) is 0 Å². The van der Waals surface area contributed by atoms with Crippen LogP contribution in [-0.4, -0.2) is 32.3 Å². The second-order valence-electron chi connectivity index (χ2n) is 8.19. The minimum absolute atomic E-state index is 0.270. The van der Waals surface area contributed by atoms with Crippen LogP contribution in [0.3, 0.4) is 0 Å². The zero-order chi connectivity index (χ0) is 26.0. The van der Waals surface area contributed by atoms with Crippen LogP contribution in [0.2, 0.25) is 0 Å². The molecule has 0 aliphatic rings. The minimum atomic E-state index is -0.316. The Hall–Kier alpha value is -4.59. The maximum absolute atomic E-state index is 13.4. The van der Waals surface area contributed by atoms with E-state index in [2.05, 4.69) is 5.32 Å². The minimum Gasteiger partial charge on any atom is -0.497 e. The summed E-state index contributed by atoms with van der Waals surface area (Å²) >= 11 is 0. The highest BCUT2D eigenvalue weighted by atomic mass is 16.5. The summed E-state index contributed by atoms with van der Waals surface area (Å²) in [6, 6.07) is 24.1. The molecule has 0 fully saturated rings. The van der Waals surface area contributed by atoms with Crippen LogP contribution in [0, 0.1) is 0 Å². The van der Waals surface area contributed by atoms with Gasteiger partial charge in [-0.3, -0.25) is 0 Å². The predicted molar refractivity (Wildman–Crippen MR) is 140 cm³/mol. The van der Waals surface area contributed by atoms with Gasteiger partial charge < -0.3 is 33.6 Å². The summed E-state index contributed by atoms with van der Waals surface area (Å²) in [5.74, 6) is 2.99. The van der Waals surface area contributed by atoms with E-state index in [1.54, 1.807) is 56.8 Å². The molecule has 1 N–H and O–H groups in total. The molecule has 0 aliphatic heterocycles. The number of carbonyl (C=O) groups is 1. The van der Waals surface area contributed by atoms with Gasteiger partial charge in [0.1, 0.15) is 23.9 Å². The van der Waals surface area contributed by atoms with Gasteiger partial charge in [0.2, 0.25) is 0 Å². The van der Waals surface area contributed by atoms with Crippen molar-refractivity contribution in [2.24, 2.45) is 0 Å². The average Bonchev–Trinajstić information content (AvgIpc) is 3.45. The molecule has 0 saturated carbocycles. The summed E-state index contributed by atoms with van der Waals surface area (Å²) in [6.45, 7) is 0.999. The highest BCUT2D eigenvalue weighted by Crippen LogP contribution is 2.31. The zero-order valence-electron chi connectivity index (χ0n) is 21.1. The zero-order valence-corrected chi connectivity index (χ0v) is 21.1. The van der Waals surface area contributed by atoms with Gasteiger partial charge >= 0.3 is 6.03 Å². The summed E-state index contributed by atoms with van der Waals surface area (Å²) in [5, 5.41) is 2.93. The second kappa shape index (κ2) is 12.4. The number of rotatable bonds is 11. The molecule has 3 aromatic carbocycles. The van der Waals surface area contributed by atoms with Crippen LogP contribution >= 0.6 is 0 Å². The Bertz CT molecular complexity index is 1290. The van der Waals surface area contributed by atoms with Gasteiger partial charge in [-0.1, -0.05) is 36.4 Å². The Labute approximate surface area is 216 Å². The van der Waals surface area contributed by atoms with Crippen LogP contribution in [0.15, 0.2) is 89.5 Å². The standard InChI is InChI=1S/C29H30N2O6/c1-33-23-12-13-25(27(17-23)34-2)30-29(32)31(19-24-10-7-15-36-24)18-22-11-14-26(28(16-22)35-3)37-20-21-8-5-4-6-9-21/h4-17H,18-20H2,1-3H3,(H,30,32). The van der Waals surface area contributed by atoms with Gasteiger partial charge in [0.25, 0.3) is 0 Å². The third-order valence-electron chi connectivity index (χ3n) is 5.70. The molecule has 0 radical (unpaired) electrons. The van der Waals surface area contributed by atoms with E-state index >= 15 is 0 Å². The first-order chi connectivity index (χ1) is 18.1. The average molecular weight is 503 g/mol. The molecule has 0 spiro atoms. The molecule has 1 aromatic heterocycles. The number of amides is 2. The summed E-state index contributed by atoms with van der Waals surface area (Å²) in [7, 11) is 4.71. The number of furan rings is 1. The number of urea groups is 1. The Morgan fingerprint density at radius 1 is 0.784 bits per heavy atom. The normalized spacial score (nSPS) is 10.5. The fraction of sp³-hybridized carbons (Fsp3) is 0.207. The van der Waals surface area contributed by atoms with Gasteiger partial charge in [0, 0.05) is 12.6 Å². The number of nitrogens with zero attached hydrogens (tertiary/aromatic N) is 1. The molecule has 2 amide bonds. The summed E-state index contributed by atoms with van der Waals surface area (Å²) in [6.07, 6.45) is 1.58. The topological polar surface area (TPSA) is 82.4 Å². The fourth-order valence-corrected chi connectivity index (χ4v) is 3.77. The lowest BCUT2D eigenvalue weighted by Gasteiger charge is -2.23. The Balaban J connectivity index is 1.52. The molecule has 37 heavy (non-hydrogen) atoms. The molecule has 4 rings (SSSR count). The molecule has 1 heterocycles. The first-order valence-electron chi connectivity index (χ1n) is 11.7. The van der Waals surface area contributed by atoms with E-state index < -0.39 is 0 Å². The molecule has 4 aromatic rings. The van der Waals surface area contributed by atoms with Crippen LogP contribution in [-0.2, 0) is 19.7 Å². The van der Waals surface area contributed by atoms with Crippen molar-refractivity contribution < 1.29 is 28.2 Å². The number of carbonyl (C=O) groups excluding carboxylic acids is 1. The van der Waals surface area contributed by atoms with E-state index in [1.807, 2.05) is 54.6 Å². The highest BCUT2D eigenvalue weighted by molar-refractivity contribution is 5.91. The molecule has 192 valence electrons. The Morgan fingerprint density at radius 2 is 1.59 bits per heavy atom. The van der Waals surface area contributed by atoms with E-state index in [1.165, 1.54) is 0 Å². The summed E-state index contributed by atoms with van der Waals surface area (Å²) in [5.41, 5.74) is 2.45. The van der Waals surface area contributed by atoms with Gasteiger partial charge in [0.15, 0.2) is 11.5 Å². The van der Waals surface area contributed by atoms with Gasteiger partial charge in [-0.15, -0.1) is 0 Å². The van der Waals surface area contributed by atoms with Crippen LogP contribution in [0.5, 0.6) is 23.0 Å². The van der Waals surface area contributed by atoms with E-state index in [9.17, 15) is 4.79 Å². The largest absolute Gasteiger partial charge is 0.497 e. The number of hydrogen-bond donors (Lipinski definition) is 1. The quantitative estimate of drug-likeness (QED) is 0.266. The summed E-state index contributed by atoms with van der Waals surface area (Å²) in [4.78, 5) is 15.0. The van der Waals surface area contributed by atoms with Crippen LogP contribution in [0.1, 0.15) is 16.9 Å². The summed E-state index contributed by atoms with van der Waals surface area (Å²) < 4.78 is 27.7. The van der Waals surface area contributed by atoms with E-state index in [-0.39, 0.29) is 12.6 Å². The molecule has 8 heteroatoms. The monoisotopic (exact) mass is 502 g/mol. The number of benzene rings is 3. The first-order valence-corrected chi connectivity index (χ1v) is 11.7. The molecule has 0 aliphatic carbocycles.